The van der Waals surface area contributed by atoms with E-state index < -0.39 is 0 Å². The van der Waals surface area contributed by atoms with Gasteiger partial charge in [-0.05, 0) is 25.2 Å². The standard InChI is InChI=1S/C14H24N4O3/c1-9(2)8-12(13-18-17-10(3)21-13)16-14(19)15-11-4-6-20-7-5-11/h9,11-12H,4-8H2,1-3H3,(H2,15,16,19). The third-order valence-electron chi connectivity index (χ3n) is 3.41. The van der Waals surface area contributed by atoms with E-state index in [2.05, 4.69) is 34.7 Å². The number of hydrogen-bond acceptors (Lipinski definition) is 5. The van der Waals surface area contributed by atoms with Crippen LogP contribution in [0.3, 0.4) is 0 Å². The van der Waals surface area contributed by atoms with E-state index in [1.54, 1.807) is 6.92 Å². The summed E-state index contributed by atoms with van der Waals surface area (Å²) >= 11 is 0. The fraction of sp³-hybridized carbons (Fsp3) is 0.786. The van der Waals surface area contributed by atoms with Gasteiger partial charge in [-0.25, -0.2) is 4.79 Å². The molecule has 0 spiro atoms. The summed E-state index contributed by atoms with van der Waals surface area (Å²) in [4.78, 5) is 12.1. The number of carbonyl (C=O) groups excluding carboxylic acids is 1. The molecule has 1 aromatic heterocycles. The summed E-state index contributed by atoms with van der Waals surface area (Å²) in [6, 6.07) is -0.280. The third kappa shape index (κ3) is 5.00. The van der Waals surface area contributed by atoms with Crippen molar-refractivity contribution >= 4 is 6.03 Å². The van der Waals surface area contributed by atoms with Crippen molar-refractivity contribution in [2.75, 3.05) is 13.2 Å². The highest BCUT2D eigenvalue weighted by atomic mass is 16.5. The molecule has 0 aromatic carbocycles. The number of urea groups is 1. The van der Waals surface area contributed by atoms with Crippen LogP contribution in [0, 0.1) is 12.8 Å². The molecule has 1 aliphatic heterocycles. The van der Waals surface area contributed by atoms with E-state index in [0.29, 0.717) is 30.9 Å². The molecule has 1 atom stereocenters. The lowest BCUT2D eigenvalue weighted by Gasteiger charge is -2.25. The summed E-state index contributed by atoms with van der Waals surface area (Å²) in [5.41, 5.74) is 0. The van der Waals surface area contributed by atoms with Crippen LogP contribution in [0.5, 0.6) is 0 Å². The quantitative estimate of drug-likeness (QED) is 0.866. The van der Waals surface area contributed by atoms with Crippen LogP contribution in [0.4, 0.5) is 4.79 Å². The second kappa shape index (κ2) is 7.40. The molecule has 0 aliphatic carbocycles. The Kier molecular flexibility index (Phi) is 5.55. The predicted octanol–water partition coefficient (Wildman–Crippen LogP) is 1.94. The zero-order chi connectivity index (χ0) is 15.2. The molecule has 21 heavy (non-hydrogen) atoms. The predicted molar refractivity (Wildman–Crippen MR) is 76.7 cm³/mol. The van der Waals surface area contributed by atoms with Crippen LogP contribution in [-0.2, 0) is 4.74 Å². The number of aromatic nitrogens is 2. The Hall–Kier alpha value is -1.63. The first kappa shape index (κ1) is 15.8. The minimum atomic E-state index is -0.258. The lowest BCUT2D eigenvalue weighted by atomic mass is 10.0. The van der Waals surface area contributed by atoms with Crippen molar-refractivity contribution in [3.63, 3.8) is 0 Å². The molecular formula is C14H24N4O3. The zero-order valence-electron chi connectivity index (χ0n) is 12.9. The lowest BCUT2D eigenvalue weighted by Crippen LogP contribution is -2.45. The van der Waals surface area contributed by atoms with Gasteiger partial charge in [0.25, 0.3) is 0 Å². The number of nitrogens with one attached hydrogen (secondary N) is 2. The summed E-state index contributed by atoms with van der Waals surface area (Å²) in [5, 5.41) is 13.8. The molecule has 0 saturated carbocycles. The first-order valence-corrected chi connectivity index (χ1v) is 7.49. The SMILES string of the molecule is Cc1nnc(C(CC(C)C)NC(=O)NC2CCOCC2)o1. The van der Waals surface area contributed by atoms with E-state index in [1.165, 1.54) is 0 Å². The molecule has 2 N–H and O–H groups in total. The molecule has 7 nitrogen and oxygen atoms in total. The van der Waals surface area contributed by atoms with Gasteiger partial charge in [0.2, 0.25) is 11.8 Å². The molecule has 1 saturated heterocycles. The molecule has 1 aromatic rings. The maximum absolute atomic E-state index is 12.1. The smallest absolute Gasteiger partial charge is 0.315 e. The van der Waals surface area contributed by atoms with Crippen molar-refractivity contribution in [2.24, 2.45) is 5.92 Å². The van der Waals surface area contributed by atoms with Crippen LogP contribution in [0.1, 0.15) is 50.9 Å². The van der Waals surface area contributed by atoms with Crippen molar-refractivity contribution in [1.82, 2.24) is 20.8 Å². The van der Waals surface area contributed by atoms with Crippen LogP contribution in [0.15, 0.2) is 4.42 Å². The number of amides is 2. The van der Waals surface area contributed by atoms with E-state index in [9.17, 15) is 4.79 Å². The van der Waals surface area contributed by atoms with Crippen molar-refractivity contribution in [1.29, 1.82) is 0 Å². The fourth-order valence-electron chi connectivity index (χ4n) is 2.37. The second-order valence-corrected chi connectivity index (χ2v) is 5.85. The van der Waals surface area contributed by atoms with Crippen LogP contribution in [0.25, 0.3) is 0 Å². The average molecular weight is 296 g/mol. The van der Waals surface area contributed by atoms with Gasteiger partial charge in [-0.15, -0.1) is 10.2 Å². The van der Waals surface area contributed by atoms with E-state index in [4.69, 9.17) is 9.15 Å². The Morgan fingerprint density at radius 1 is 1.33 bits per heavy atom. The zero-order valence-corrected chi connectivity index (χ0v) is 12.9. The van der Waals surface area contributed by atoms with E-state index >= 15 is 0 Å². The lowest BCUT2D eigenvalue weighted by molar-refractivity contribution is 0.0798. The normalized spacial score (nSPS) is 17.7. The highest BCUT2D eigenvalue weighted by Crippen LogP contribution is 2.20. The van der Waals surface area contributed by atoms with Crippen molar-refractivity contribution in [2.45, 2.75) is 52.1 Å². The van der Waals surface area contributed by atoms with Gasteiger partial charge >= 0.3 is 6.03 Å². The molecule has 1 fully saturated rings. The third-order valence-corrected chi connectivity index (χ3v) is 3.41. The largest absolute Gasteiger partial charge is 0.423 e. The molecule has 0 bridgehead atoms. The summed E-state index contributed by atoms with van der Waals surface area (Å²) < 4.78 is 10.7. The summed E-state index contributed by atoms with van der Waals surface area (Å²) in [5.74, 6) is 1.37. The number of aryl methyl sites for hydroxylation is 1. The van der Waals surface area contributed by atoms with E-state index in [-0.39, 0.29) is 18.1 Å². The molecule has 2 amide bonds. The Morgan fingerprint density at radius 3 is 2.62 bits per heavy atom. The molecule has 7 heteroatoms. The number of ether oxygens (including phenoxy) is 1. The van der Waals surface area contributed by atoms with Gasteiger partial charge in [0.1, 0.15) is 6.04 Å². The molecule has 0 radical (unpaired) electrons. The van der Waals surface area contributed by atoms with Gasteiger partial charge in [-0.1, -0.05) is 13.8 Å². The van der Waals surface area contributed by atoms with E-state index in [1.807, 2.05) is 0 Å². The summed E-state index contributed by atoms with van der Waals surface area (Å²) in [6.07, 6.45) is 2.45. The summed E-state index contributed by atoms with van der Waals surface area (Å²) in [7, 11) is 0. The van der Waals surface area contributed by atoms with Crippen LogP contribution < -0.4 is 10.6 Å². The highest BCUT2D eigenvalue weighted by Gasteiger charge is 2.23. The summed E-state index contributed by atoms with van der Waals surface area (Å²) in [6.45, 7) is 7.32. The Balaban J connectivity index is 1.92. The molecule has 1 unspecified atom stereocenters. The number of carbonyl (C=O) groups is 1. The van der Waals surface area contributed by atoms with Crippen LogP contribution in [-0.4, -0.2) is 35.5 Å². The van der Waals surface area contributed by atoms with Gasteiger partial charge < -0.3 is 19.8 Å². The number of nitrogens with zero attached hydrogens (tertiary/aromatic N) is 2. The maximum atomic E-state index is 12.1. The van der Waals surface area contributed by atoms with Gasteiger partial charge in [-0.3, -0.25) is 0 Å². The molecule has 2 heterocycles. The fourth-order valence-corrected chi connectivity index (χ4v) is 2.37. The highest BCUT2D eigenvalue weighted by molar-refractivity contribution is 5.74. The van der Waals surface area contributed by atoms with Gasteiger partial charge in [0.05, 0.1) is 0 Å². The molecule has 2 rings (SSSR count). The van der Waals surface area contributed by atoms with Crippen molar-refractivity contribution in [3.05, 3.63) is 11.8 Å². The average Bonchev–Trinajstić information content (AvgIpc) is 2.85. The van der Waals surface area contributed by atoms with Gasteiger partial charge in [0, 0.05) is 26.2 Å². The van der Waals surface area contributed by atoms with Crippen molar-refractivity contribution < 1.29 is 13.9 Å². The number of rotatable bonds is 5. The maximum Gasteiger partial charge on any atom is 0.315 e. The molecule has 118 valence electrons. The van der Waals surface area contributed by atoms with Gasteiger partial charge in [-0.2, -0.15) is 0 Å². The van der Waals surface area contributed by atoms with Crippen molar-refractivity contribution in [3.8, 4) is 0 Å². The monoisotopic (exact) mass is 296 g/mol. The van der Waals surface area contributed by atoms with Crippen LogP contribution >= 0.6 is 0 Å². The Morgan fingerprint density at radius 2 is 2.05 bits per heavy atom. The van der Waals surface area contributed by atoms with Crippen LogP contribution in [0.2, 0.25) is 0 Å². The minimum Gasteiger partial charge on any atom is -0.423 e. The number of hydrogen-bond donors (Lipinski definition) is 2. The first-order chi connectivity index (χ1) is 10.0. The Labute approximate surface area is 124 Å². The second-order valence-electron chi connectivity index (χ2n) is 5.85. The topological polar surface area (TPSA) is 89.3 Å². The van der Waals surface area contributed by atoms with Gasteiger partial charge in [0.15, 0.2) is 0 Å². The van der Waals surface area contributed by atoms with E-state index in [0.717, 1.165) is 19.3 Å². The first-order valence-electron chi connectivity index (χ1n) is 7.49. The Bertz CT molecular complexity index is 455. The molecule has 1 aliphatic rings. The molecular weight excluding hydrogens is 272 g/mol. The minimum absolute atomic E-state index is 0.169.